The molecule has 1 aliphatic rings. The molecule has 0 aliphatic carbocycles. The summed E-state index contributed by atoms with van der Waals surface area (Å²) in [4.78, 5) is 0. The molecule has 1 aliphatic heterocycles. The van der Waals surface area contributed by atoms with Crippen LogP contribution in [0.25, 0.3) is 5.57 Å². The van der Waals surface area contributed by atoms with Crippen LogP contribution in [0, 0.1) is 6.17 Å². The van der Waals surface area contributed by atoms with E-state index in [1.807, 2.05) is 24.3 Å². The number of rotatable bonds is 2. The lowest BCUT2D eigenvalue weighted by atomic mass is 10.1. The molecular formula is C10H10N3O. The Morgan fingerprint density at radius 2 is 1.93 bits per heavy atom. The summed E-state index contributed by atoms with van der Waals surface area (Å²) in [6.45, 7) is 0. The molecule has 1 aromatic rings. The van der Waals surface area contributed by atoms with Crippen molar-refractivity contribution in [2.45, 2.75) is 0 Å². The predicted molar refractivity (Wildman–Crippen MR) is 53.3 cm³/mol. The van der Waals surface area contributed by atoms with Crippen LogP contribution in [-0.2, 0) is 0 Å². The van der Waals surface area contributed by atoms with Crippen molar-refractivity contribution in [1.29, 1.82) is 0 Å². The highest BCUT2D eigenvalue weighted by Crippen LogP contribution is 2.28. The zero-order chi connectivity index (χ0) is 9.97. The molecule has 0 atom stereocenters. The molecule has 1 heterocycles. The maximum Gasteiger partial charge on any atom is 0.202 e. The van der Waals surface area contributed by atoms with Crippen LogP contribution in [0.15, 0.2) is 40.7 Å². The number of hydrogen-bond donors (Lipinski definition) is 1. The molecule has 1 radical (unpaired) electrons. The second-order valence-electron chi connectivity index (χ2n) is 2.87. The molecule has 4 heteroatoms. The Morgan fingerprint density at radius 3 is 2.43 bits per heavy atom. The van der Waals surface area contributed by atoms with E-state index in [2.05, 4.69) is 10.2 Å². The van der Waals surface area contributed by atoms with E-state index in [0.29, 0.717) is 6.17 Å². The molecule has 0 spiro atoms. The molecular weight excluding hydrogens is 178 g/mol. The second kappa shape index (κ2) is 3.59. The van der Waals surface area contributed by atoms with Crippen molar-refractivity contribution in [3.63, 3.8) is 0 Å². The maximum atomic E-state index is 5.64. The lowest BCUT2D eigenvalue weighted by molar-refractivity contribution is 0.415. The van der Waals surface area contributed by atoms with Crippen LogP contribution < -0.4 is 10.5 Å². The van der Waals surface area contributed by atoms with Crippen molar-refractivity contribution in [2.75, 3.05) is 7.11 Å². The van der Waals surface area contributed by atoms with Gasteiger partial charge in [-0.05, 0) is 17.7 Å². The minimum absolute atomic E-state index is 0.454. The first kappa shape index (κ1) is 8.90. The SMILES string of the molecule is COc1ccc(C2=CN=N[C]2N)cc1. The van der Waals surface area contributed by atoms with Gasteiger partial charge in [0.15, 0.2) is 0 Å². The molecule has 1 aromatic carbocycles. The lowest BCUT2D eigenvalue weighted by Crippen LogP contribution is -2.05. The van der Waals surface area contributed by atoms with E-state index in [9.17, 15) is 0 Å². The standard InChI is InChI=1S/C10H10N3O/c1-14-8-4-2-7(3-5-8)9-6-12-13-10(9)11/h2-6H,11H2,1H3. The van der Waals surface area contributed by atoms with Crippen LogP contribution in [0.3, 0.4) is 0 Å². The van der Waals surface area contributed by atoms with Crippen LogP contribution in [0.2, 0.25) is 0 Å². The summed E-state index contributed by atoms with van der Waals surface area (Å²) in [5.74, 6) is 0.819. The van der Waals surface area contributed by atoms with E-state index in [1.165, 1.54) is 0 Å². The van der Waals surface area contributed by atoms with E-state index in [0.717, 1.165) is 16.9 Å². The molecule has 0 saturated carbocycles. The Kier molecular flexibility index (Phi) is 2.28. The molecule has 0 unspecified atom stereocenters. The van der Waals surface area contributed by atoms with Gasteiger partial charge in [0, 0.05) is 5.57 Å². The minimum Gasteiger partial charge on any atom is -0.497 e. The number of ether oxygens (including phenoxy) is 1. The molecule has 2 rings (SSSR count). The third-order valence-electron chi connectivity index (χ3n) is 2.03. The number of nitrogens with two attached hydrogens (primary N) is 1. The van der Waals surface area contributed by atoms with Crippen LogP contribution in [0.4, 0.5) is 0 Å². The van der Waals surface area contributed by atoms with Crippen LogP contribution >= 0.6 is 0 Å². The Balaban J connectivity index is 2.26. The highest BCUT2D eigenvalue weighted by molar-refractivity contribution is 5.76. The monoisotopic (exact) mass is 188 g/mol. The summed E-state index contributed by atoms with van der Waals surface area (Å²) in [5, 5.41) is 7.47. The van der Waals surface area contributed by atoms with Crippen LogP contribution in [-0.4, -0.2) is 7.11 Å². The van der Waals surface area contributed by atoms with Gasteiger partial charge in [0.25, 0.3) is 0 Å². The van der Waals surface area contributed by atoms with E-state index in [-0.39, 0.29) is 0 Å². The number of azo groups is 1. The summed E-state index contributed by atoms with van der Waals surface area (Å²) in [6.07, 6.45) is 2.10. The van der Waals surface area contributed by atoms with Crippen LogP contribution in [0.1, 0.15) is 5.56 Å². The number of methoxy groups -OCH3 is 1. The second-order valence-corrected chi connectivity index (χ2v) is 2.87. The fourth-order valence-corrected chi connectivity index (χ4v) is 1.26. The van der Waals surface area contributed by atoms with Gasteiger partial charge in [-0.25, -0.2) is 0 Å². The molecule has 2 N–H and O–H groups in total. The minimum atomic E-state index is 0.454. The van der Waals surface area contributed by atoms with Gasteiger partial charge in [-0.3, -0.25) is 5.73 Å². The van der Waals surface area contributed by atoms with Crippen LogP contribution in [0.5, 0.6) is 5.75 Å². The average molecular weight is 188 g/mol. The first-order chi connectivity index (χ1) is 6.81. The smallest absolute Gasteiger partial charge is 0.202 e. The summed E-state index contributed by atoms with van der Waals surface area (Å²) < 4.78 is 5.05. The third kappa shape index (κ3) is 1.52. The largest absolute Gasteiger partial charge is 0.497 e. The lowest BCUT2D eigenvalue weighted by Gasteiger charge is -2.05. The quantitative estimate of drug-likeness (QED) is 0.771. The number of nitrogens with zero attached hydrogens (tertiary/aromatic N) is 2. The van der Waals surface area contributed by atoms with E-state index >= 15 is 0 Å². The van der Waals surface area contributed by atoms with E-state index < -0.39 is 0 Å². The third-order valence-corrected chi connectivity index (χ3v) is 2.03. The molecule has 0 aromatic heterocycles. The van der Waals surface area contributed by atoms with Crippen molar-refractivity contribution in [3.8, 4) is 5.75 Å². The summed E-state index contributed by atoms with van der Waals surface area (Å²) in [7, 11) is 1.63. The van der Waals surface area contributed by atoms with Gasteiger partial charge in [-0.2, -0.15) is 10.2 Å². The normalized spacial score (nSPS) is 15.7. The van der Waals surface area contributed by atoms with Crippen molar-refractivity contribution in [3.05, 3.63) is 42.2 Å². The van der Waals surface area contributed by atoms with Gasteiger partial charge in [-0.15, -0.1) is 0 Å². The van der Waals surface area contributed by atoms with Gasteiger partial charge in [0.05, 0.1) is 13.3 Å². The van der Waals surface area contributed by atoms with Gasteiger partial charge < -0.3 is 4.74 Å². The molecule has 0 saturated heterocycles. The fourth-order valence-electron chi connectivity index (χ4n) is 1.26. The molecule has 0 fully saturated rings. The van der Waals surface area contributed by atoms with Crippen molar-refractivity contribution >= 4 is 5.57 Å². The fraction of sp³-hybridized carbons (Fsp3) is 0.100. The summed E-state index contributed by atoms with van der Waals surface area (Å²) in [5.41, 5.74) is 7.49. The Bertz CT molecular complexity index is 381. The Hall–Kier alpha value is -1.68. The molecule has 0 amide bonds. The van der Waals surface area contributed by atoms with Crippen molar-refractivity contribution < 1.29 is 4.74 Å². The maximum absolute atomic E-state index is 5.64. The Labute approximate surface area is 82.1 Å². The Morgan fingerprint density at radius 1 is 1.21 bits per heavy atom. The number of benzene rings is 1. The number of hydrogen-bond acceptors (Lipinski definition) is 4. The zero-order valence-corrected chi connectivity index (χ0v) is 7.77. The first-order valence-electron chi connectivity index (χ1n) is 4.19. The highest BCUT2D eigenvalue weighted by Gasteiger charge is 2.15. The van der Waals surface area contributed by atoms with Crippen molar-refractivity contribution in [1.82, 2.24) is 0 Å². The van der Waals surface area contributed by atoms with Gasteiger partial charge in [0.2, 0.25) is 6.17 Å². The molecule has 4 nitrogen and oxygen atoms in total. The van der Waals surface area contributed by atoms with E-state index in [4.69, 9.17) is 10.5 Å². The predicted octanol–water partition coefficient (Wildman–Crippen LogP) is 1.95. The summed E-state index contributed by atoms with van der Waals surface area (Å²) in [6, 6.07) is 7.60. The van der Waals surface area contributed by atoms with Gasteiger partial charge in [0.1, 0.15) is 5.75 Å². The van der Waals surface area contributed by atoms with Crippen molar-refractivity contribution in [2.24, 2.45) is 16.0 Å². The van der Waals surface area contributed by atoms with Gasteiger partial charge in [-0.1, -0.05) is 12.1 Å². The van der Waals surface area contributed by atoms with Gasteiger partial charge >= 0.3 is 0 Å². The highest BCUT2D eigenvalue weighted by atomic mass is 16.5. The summed E-state index contributed by atoms with van der Waals surface area (Å²) >= 11 is 0. The van der Waals surface area contributed by atoms with E-state index in [1.54, 1.807) is 13.3 Å². The molecule has 0 bridgehead atoms. The molecule has 14 heavy (non-hydrogen) atoms. The topological polar surface area (TPSA) is 60.0 Å². The zero-order valence-electron chi connectivity index (χ0n) is 7.77. The average Bonchev–Trinajstić information content (AvgIpc) is 2.65. The first-order valence-corrected chi connectivity index (χ1v) is 4.19. The molecule has 71 valence electrons.